The number of nitro benzene ring substituents is 1. The summed E-state index contributed by atoms with van der Waals surface area (Å²) in [7, 11) is 1.50. The van der Waals surface area contributed by atoms with Crippen molar-refractivity contribution in [2.45, 2.75) is 33.2 Å². The van der Waals surface area contributed by atoms with Crippen LogP contribution < -0.4 is 9.47 Å². The molecule has 0 saturated carbocycles. The maximum atomic E-state index is 12.2. The minimum absolute atomic E-state index is 0.00739. The fourth-order valence-corrected chi connectivity index (χ4v) is 3.03. The number of aryl methyl sites for hydroxylation is 1. The zero-order chi connectivity index (χ0) is 22.8. The fourth-order valence-electron chi connectivity index (χ4n) is 3.03. The third kappa shape index (κ3) is 5.00. The second-order valence-corrected chi connectivity index (χ2v) is 7.30. The molecule has 0 aliphatic carbocycles. The minimum Gasteiger partial charge on any atom is -0.496 e. The van der Waals surface area contributed by atoms with Crippen LogP contribution in [0.4, 0.5) is 5.69 Å². The number of carbonyl (C=O) groups excluding carboxylic acids is 2. The quantitative estimate of drug-likeness (QED) is 0.225. The highest BCUT2D eigenvalue weighted by Crippen LogP contribution is 2.28. The van der Waals surface area contributed by atoms with E-state index in [2.05, 4.69) is 0 Å². The van der Waals surface area contributed by atoms with Gasteiger partial charge in [0.2, 0.25) is 0 Å². The predicted octanol–water partition coefficient (Wildman–Crippen LogP) is 3.71. The lowest BCUT2D eigenvalue weighted by molar-refractivity contribution is -0.385. The van der Waals surface area contributed by atoms with Crippen LogP contribution in [0.25, 0.3) is 6.08 Å². The molecule has 9 nitrogen and oxygen atoms in total. The van der Waals surface area contributed by atoms with Crippen LogP contribution in [0, 0.1) is 17.0 Å². The van der Waals surface area contributed by atoms with E-state index in [4.69, 9.17) is 18.9 Å². The molecule has 0 aromatic heterocycles. The largest absolute Gasteiger partial charge is 0.496 e. The van der Waals surface area contributed by atoms with Gasteiger partial charge in [-0.05, 0) is 42.8 Å². The molecule has 9 heteroatoms. The summed E-state index contributed by atoms with van der Waals surface area (Å²) >= 11 is 0. The lowest BCUT2D eigenvalue weighted by Crippen LogP contribution is -2.41. The van der Waals surface area contributed by atoms with E-state index in [-0.39, 0.29) is 17.9 Å². The van der Waals surface area contributed by atoms with Gasteiger partial charge in [-0.3, -0.25) is 10.1 Å². The maximum absolute atomic E-state index is 12.2. The summed E-state index contributed by atoms with van der Waals surface area (Å²) in [6, 6.07) is 9.52. The van der Waals surface area contributed by atoms with Crippen LogP contribution in [0.15, 0.2) is 42.0 Å². The van der Waals surface area contributed by atoms with Crippen molar-refractivity contribution in [1.29, 1.82) is 0 Å². The Bertz CT molecular complexity index is 1060. The predicted molar refractivity (Wildman–Crippen MR) is 109 cm³/mol. The monoisotopic (exact) mass is 427 g/mol. The molecule has 2 aromatic carbocycles. The minimum atomic E-state index is -1.31. The smallest absolute Gasteiger partial charge is 0.348 e. The van der Waals surface area contributed by atoms with Crippen molar-refractivity contribution in [3.05, 3.63) is 68.8 Å². The van der Waals surface area contributed by atoms with Gasteiger partial charge in [0.15, 0.2) is 0 Å². The van der Waals surface area contributed by atoms with E-state index in [9.17, 15) is 19.7 Å². The molecule has 0 atom stereocenters. The Balaban J connectivity index is 1.83. The molecule has 1 aliphatic heterocycles. The molecular weight excluding hydrogens is 406 g/mol. The highest BCUT2D eigenvalue weighted by Gasteiger charge is 2.38. The van der Waals surface area contributed by atoms with E-state index in [1.807, 2.05) is 0 Å². The Labute approximate surface area is 178 Å². The van der Waals surface area contributed by atoms with Crippen molar-refractivity contribution in [1.82, 2.24) is 0 Å². The van der Waals surface area contributed by atoms with Crippen molar-refractivity contribution in [2.24, 2.45) is 0 Å². The molecule has 0 bridgehead atoms. The second-order valence-electron chi connectivity index (χ2n) is 7.30. The summed E-state index contributed by atoms with van der Waals surface area (Å²) in [6.45, 7) is 4.67. The number of esters is 2. The van der Waals surface area contributed by atoms with Gasteiger partial charge in [-0.1, -0.05) is 6.07 Å². The first-order valence-corrected chi connectivity index (χ1v) is 9.33. The number of nitrogens with zero attached hydrogens (tertiary/aromatic N) is 1. The van der Waals surface area contributed by atoms with Gasteiger partial charge >= 0.3 is 11.9 Å². The molecule has 162 valence electrons. The van der Waals surface area contributed by atoms with Crippen molar-refractivity contribution in [3.63, 3.8) is 0 Å². The van der Waals surface area contributed by atoms with Gasteiger partial charge in [-0.2, -0.15) is 0 Å². The van der Waals surface area contributed by atoms with E-state index >= 15 is 0 Å². The number of hydrogen-bond donors (Lipinski definition) is 0. The molecule has 31 heavy (non-hydrogen) atoms. The Morgan fingerprint density at radius 3 is 2.35 bits per heavy atom. The standard InChI is InChI=1S/C22H21NO8/c1-13-9-16(6-7-18(13)23(26)27)29-12-15-10-14(5-8-19(15)28-4)11-17-20(24)30-22(2,3)31-21(17)25/h5-11H,12H2,1-4H3. The average Bonchev–Trinajstić information content (AvgIpc) is 2.68. The van der Waals surface area contributed by atoms with Gasteiger partial charge in [-0.25, -0.2) is 9.59 Å². The molecule has 3 rings (SSSR count). The first kappa shape index (κ1) is 21.8. The van der Waals surface area contributed by atoms with Gasteiger partial charge < -0.3 is 18.9 Å². The number of rotatable bonds is 6. The third-order valence-electron chi connectivity index (χ3n) is 4.49. The third-order valence-corrected chi connectivity index (χ3v) is 4.49. The van der Waals surface area contributed by atoms with Crippen molar-refractivity contribution < 1.29 is 33.5 Å². The molecule has 1 fully saturated rings. The highest BCUT2D eigenvalue weighted by atomic mass is 16.7. The Hall–Kier alpha value is -3.88. The van der Waals surface area contributed by atoms with Gasteiger partial charge in [0.25, 0.3) is 11.5 Å². The van der Waals surface area contributed by atoms with Gasteiger partial charge in [0.05, 0.1) is 12.0 Å². The van der Waals surface area contributed by atoms with Gasteiger partial charge in [-0.15, -0.1) is 0 Å². The lowest BCUT2D eigenvalue weighted by atomic mass is 10.1. The number of carbonyl (C=O) groups is 2. The number of hydrogen-bond acceptors (Lipinski definition) is 8. The zero-order valence-electron chi connectivity index (χ0n) is 17.5. The topological polar surface area (TPSA) is 114 Å². The lowest BCUT2D eigenvalue weighted by Gasteiger charge is -2.29. The summed E-state index contributed by atoms with van der Waals surface area (Å²) in [4.78, 5) is 34.8. The molecule has 0 radical (unpaired) electrons. The molecule has 1 heterocycles. The SMILES string of the molecule is COc1ccc(C=C2C(=O)OC(C)(C)OC2=O)cc1COc1ccc([N+](=O)[O-])c(C)c1. The molecule has 0 unspecified atom stereocenters. The number of methoxy groups -OCH3 is 1. The summed E-state index contributed by atoms with van der Waals surface area (Å²) in [5.74, 6) is -1.86. The Morgan fingerprint density at radius 2 is 1.77 bits per heavy atom. The normalized spacial score (nSPS) is 15.0. The highest BCUT2D eigenvalue weighted by molar-refractivity contribution is 6.18. The van der Waals surface area contributed by atoms with Crippen LogP contribution in [0.5, 0.6) is 11.5 Å². The fraction of sp³-hybridized carbons (Fsp3) is 0.273. The molecule has 0 amide bonds. The van der Waals surface area contributed by atoms with Crippen LogP contribution >= 0.6 is 0 Å². The molecular formula is C22H21NO8. The van der Waals surface area contributed by atoms with Gasteiger partial charge in [0.1, 0.15) is 23.7 Å². The summed E-state index contributed by atoms with van der Waals surface area (Å²) in [6.07, 6.45) is 1.37. The molecule has 2 aromatic rings. The second kappa shape index (κ2) is 8.47. The van der Waals surface area contributed by atoms with Crippen molar-refractivity contribution in [3.8, 4) is 11.5 Å². The molecule has 0 N–H and O–H groups in total. The van der Waals surface area contributed by atoms with E-state index < -0.39 is 22.6 Å². The Kier molecular flexibility index (Phi) is 5.96. The van der Waals surface area contributed by atoms with Crippen LogP contribution in [0.3, 0.4) is 0 Å². The van der Waals surface area contributed by atoms with Gasteiger partial charge in [0, 0.05) is 31.0 Å². The van der Waals surface area contributed by atoms with E-state index in [0.29, 0.717) is 28.2 Å². The van der Waals surface area contributed by atoms with E-state index in [1.54, 1.807) is 31.2 Å². The van der Waals surface area contributed by atoms with Crippen molar-refractivity contribution >= 4 is 23.7 Å². The molecule has 1 aliphatic rings. The van der Waals surface area contributed by atoms with Crippen LogP contribution in [-0.2, 0) is 25.7 Å². The number of cyclic esters (lactones) is 2. The average molecular weight is 427 g/mol. The molecule has 0 spiro atoms. The number of ether oxygens (including phenoxy) is 4. The first-order chi connectivity index (χ1) is 14.6. The van der Waals surface area contributed by atoms with Crippen LogP contribution in [0.2, 0.25) is 0 Å². The van der Waals surface area contributed by atoms with E-state index in [1.165, 1.54) is 39.2 Å². The summed E-state index contributed by atoms with van der Waals surface area (Å²) in [5.41, 5.74) is 1.45. The molecule has 1 saturated heterocycles. The number of benzene rings is 2. The maximum Gasteiger partial charge on any atom is 0.348 e. The number of nitro groups is 1. The first-order valence-electron chi connectivity index (χ1n) is 9.33. The summed E-state index contributed by atoms with van der Waals surface area (Å²) < 4.78 is 21.3. The summed E-state index contributed by atoms with van der Waals surface area (Å²) in [5, 5.41) is 11.0. The Morgan fingerprint density at radius 1 is 1.10 bits per heavy atom. The van der Waals surface area contributed by atoms with Crippen LogP contribution in [-0.4, -0.2) is 29.8 Å². The van der Waals surface area contributed by atoms with E-state index in [0.717, 1.165) is 0 Å². The zero-order valence-corrected chi connectivity index (χ0v) is 17.5. The van der Waals surface area contributed by atoms with Crippen LogP contribution in [0.1, 0.15) is 30.5 Å². The van der Waals surface area contributed by atoms with Crippen molar-refractivity contribution in [2.75, 3.05) is 7.11 Å².